The summed E-state index contributed by atoms with van der Waals surface area (Å²) in [4.78, 5) is 27.3. The molecule has 1 aromatic carbocycles. The number of rotatable bonds is 4. The van der Waals surface area contributed by atoms with E-state index in [1.165, 1.54) is 18.5 Å². The summed E-state index contributed by atoms with van der Waals surface area (Å²) in [7, 11) is 0. The average Bonchev–Trinajstić information content (AvgIpc) is 2.81. The molecule has 1 amide bonds. The molecule has 0 aliphatic carbocycles. The van der Waals surface area contributed by atoms with Crippen molar-refractivity contribution in [1.82, 2.24) is 19.9 Å². The van der Waals surface area contributed by atoms with Gasteiger partial charge < -0.3 is 4.90 Å². The minimum absolute atomic E-state index is 0.177. The maximum atomic E-state index is 14.1. The molecule has 156 valence electrons. The molecule has 3 heterocycles. The number of nitrogens with zero attached hydrogens (tertiary/aromatic N) is 5. The van der Waals surface area contributed by atoms with Gasteiger partial charge in [0, 0.05) is 31.5 Å². The van der Waals surface area contributed by atoms with Gasteiger partial charge in [0.05, 0.1) is 22.7 Å². The van der Waals surface area contributed by atoms with Gasteiger partial charge in [0.1, 0.15) is 23.7 Å². The molecule has 0 bridgehead atoms. The number of amides is 1. The molecule has 1 aliphatic rings. The standard InChI is InChI=1S/C23H19F2N5O/c24-17-4-3-16(19(25)12-17)13-23(14-26)6-10-30(11-7-23)22(31)18-2-1-8-28-21(18)20-5-9-27-15-29-20/h1-5,8-9,12,15H,6-7,10-11,13H2. The Hall–Kier alpha value is -3.73. The lowest BCUT2D eigenvalue weighted by atomic mass is 9.75. The van der Waals surface area contributed by atoms with E-state index in [1.807, 2.05) is 0 Å². The number of hydrogen-bond acceptors (Lipinski definition) is 5. The molecule has 1 aliphatic heterocycles. The number of piperidine rings is 1. The Kier molecular flexibility index (Phi) is 5.67. The largest absolute Gasteiger partial charge is 0.338 e. The molecule has 6 nitrogen and oxygen atoms in total. The molecule has 1 saturated heterocycles. The smallest absolute Gasteiger partial charge is 0.256 e. The van der Waals surface area contributed by atoms with Gasteiger partial charge in [-0.1, -0.05) is 6.07 Å². The van der Waals surface area contributed by atoms with Crippen molar-refractivity contribution < 1.29 is 13.6 Å². The summed E-state index contributed by atoms with van der Waals surface area (Å²) in [6, 6.07) is 10.8. The van der Waals surface area contributed by atoms with Crippen molar-refractivity contribution in [3.8, 4) is 17.5 Å². The zero-order valence-electron chi connectivity index (χ0n) is 16.6. The number of halogens is 2. The van der Waals surface area contributed by atoms with Crippen LogP contribution in [0.15, 0.2) is 55.1 Å². The summed E-state index contributed by atoms with van der Waals surface area (Å²) in [5.41, 5.74) is 0.950. The third-order valence-corrected chi connectivity index (χ3v) is 5.65. The van der Waals surface area contributed by atoms with Crippen LogP contribution in [0.5, 0.6) is 0 Å². The maximum absolute atomic E-state index is 14.1. The first kappa shape index (κ1) is 20.5. The second kappa shape index (κ2) is 8.56. The Morgan fingerprint density at radius 2 is 1.94 bits per heavy atom. The molecule has 4 rings (SSSR count). The van der Waals surface area contributed by atoms with Gasteiger partial charge in [-0.05, 0) is 49.1 Å². The third kappa shape index (κ3) is 4.26. The Morgan fingerprint density at radius 1 is 1.13 bits per heavy atom. The molecule has 0 atom stereocenters. The van der Waals surface area contributed by atoms with E-state index in [-0.39, 0.29) is 12.3 Å². The monoisotopic (exact) mass is 419 g/mol. The van der Waals surface area contributed by atoms with E-state index in [1.54, 1.807) is 35.5 Å². The summed E-state index contributed by atoms with van der Waals surface area (Å²) in [6.07, 6.45) is 5.56. The Labute approximate surface area is 178 Å². The van der Waals surface area contributed by atoms with E-state index in [4.69, 9.17) is 0 Å². The SMILES string of the molecule is N#CC1(Cc2ccc(F)cc2F)CCN(C(=O)c2cccnc2-c2ccncn2)CC1. The van der Waals surface area contributed by atoms with Crippen molar-refractivity contribution in [2.45, 2.75) is 19.3 Å². The second-order valence-corrected chi connectivity index (χ2v) is 7.59. The van der Waals surface area contributed by atoms with Gasteiger partial charge in [-0.2, -0.15) is 5.26 Å². The van der Waals surface area contributed by atoms with Crippen LogP contribution in [-0.2, 0) is 6.42 Å². The Balaban J connectivity index is 1.51. The van der Waals surface area contributed by atoms with Crippen molar-refractivity contribution in [3.05, 3.63) is 77.9 Å². The van der Waals surface area contributed by atoms with Crippen LogP contribution in [0.1, 0.15) is 28.8 Å². The number of carbonyl (C=O) groups is 1. The van der Waals surface area contributed by atoms with E-state index in [0.29, 0.717) is 48.4 Å². The molecule has 2 aromatic heterocycles. The Morgan fingerprint density at radius 3 is 2.61 bits per heavy atom. The van der Waals surface area contributed by atoms with Crippen molar-refractivity contribution >= 4 is 5.91 Å². The predicted molar refractivity (Wildman–Crippen MR) is 109 cm³/mol. The van der Waals surface area contributed by atoms with Crippen LogP contribution >= 0.6 is 0 Å². The van der Waals surface area contributed by atoms with Crippen LogP contribution in [0.2, 0.25) is 0 Å². The first-order chi connectivity index (χ1) is 15.0. The number of pyridine rings is 1. The summed E-state index contributed by atoms with van der Waals surface area (Å²) in [6.45, 7) is 0.709. The van der Waals surface area contributed by atoms with Crippen molar-refractivity contribution in [1.29, 1.82) is 5.26 Å². The normalized spacial score (nSPS) is 15.3. The van der Waals surface area contributed by atoms with E-state index < -0.39 is 17.0 Å². The highest BCUT2D eigenvalue weighted by Gasteiger charge is 2.37. The van der Waals surface area contributed by atoms with Gasteiger partial charge in [0.15, 0.2) is 0 Å². The zero-order chi connectivity index (χ0) is 21.8. The zero-order valence-corrected chi connectivity index (χ0v) is 16.6. The van der Waals surface area contributed by atoms with Crippen LogP contribution in [0.3, 0.4) is 0 Å². The highest BCUT2D eigenvalue weighted by atomic mass is 19.1. The fourth-order valence-electron chi connectivity index (χ4n) is 3.88. The van der Waals surface area contributed by atoms with Gasteiger partial charge in [-0.25, -0.2) is 18.7 Å². The topological polar surface area (TPSA) is 82.8 Å². The Bertz CT molecular complexity index is 1140. The summed E-state index contributed by atoms with van der Waals surface area (Å²) >= 11 is 0. The van der Waals surface area contributed by atoms with Crippen molar-refractivity contribution in [3.63, 3.8) is 0 Å². The van der Waals surface area contributed by atoms with Gasteiger partial charge in [0.25, 0.3) is 5.91 Å². The van der Waals surface area contributed by atoms with Crippen molar-refractivity contribution in [2.24, 2.45) is 5.41 Å². The summed E-state index contributed by atoms with van der Waals surface area (Å²) < 4.78 is 27.3. The minimum Gasteiger partial charge on any atom is -0.338 e. The van der Waals surface area contributed by atoms with Gasteiger partial charge >= 0.3 is 0 Å². The number of nitriles is 1. The first-order valence-corrected chi connectivity index (χ1v) is 9.87. The highest BCUT2D eigenvalue weighted by Crippen LogP contribution is 2.36. The number of benzene rings is 1. The molecule has 0 saturated carbocycles. The number of likely N-dealkylation sites (tertiary alicyclic amines) is 1. The number of hydrogen-bond donors (Lipinski definition) is 0. The average molecular weight is 419 g/mol. The lowest BCUT2D eigenvalue weighted by molar-refractivity contribution is 0.0646. The minimum atomic E-state index is -0.806. The van der Waals surface area contributed by atoms with Crippen molar-refractivity contribution in [2.75, 3.05) is 13.1 Å². The summed E-state index contributed by atoms with van der Waals surface area (Å²) in [5, 5.41) is 9.81. The van der Waals surface area contributed by atoms with Gasteiger partial charge in [0.2, 0.25) is 0 Å². The van der Waals surface area contributed by atoms with Gasteiger partial charge in [-0.15, -0.1) is 0 Å². The number of aromatic nitrogens is 3. The predicted octanol–water partition coefficient (Wildman–Crippen LogP) is 3.81. The molecular weight excluding hydrogens is 400 g/mol. The van der Waals surface area contributed by atoms with Gasteiger partial charge in [-0.3, -0.25) is 9.78 Å². The summed E-state index contributed by atoms with van der Waals surface area (Å²) in [5.74, 6) is -1.50. The van der Waals surface area contributed by atoms with Crippen LogP contribution in [0.25, 0.3) is 11.4 Å². The quantitative estimate of drug-likeness (QED) is 0.642. The van der Waals surface area contributed by atoms with E-state index in [0.717, 1.165) is 6.07 Å². The maximum Gasteiger partial charge on any atom is 0.256 e. The molecule has 0 radical (unpaired) electrons. The van der Waals surface area contributed by atoms with Crippen LogP contribution < -0.4 is 0 Å². The fraction of sp³-hybridized carbons (Fsp3) is 0.261. The first-order valence-electron chi connectivity index (χ1n) is 9.87. The third-order valence-electron chi connectivity index (χ3n) is 5.65. The molecule has 0 unspecified atom stereocenters. The second-order valence-electron chi connectivity index (χ2n) is 7.59. The van der Waals surface area contributed by atoms with E-state index in [2.05, 4.69) is 21.0 Å². The molecule has 1 fully saturated rings. The lowest BCUT2D eigenvalue weighted by Crippen LogP contribution is -2.43. The fourth-order valence-corrected chi connectivity index (χ4v) is 3.88. The molecule has 0 N–H and O–H groups in total. The number of carbonyl (C=O) groups excluding carboxylic acids is 1. The van der Waals surface area contributed by atoms with E-state index >= 15 is 0 Å². The van der Waals surface area contributed by atoms with Crippen LogP contribution in [0, 0.1) is 28.4 Å². The van der Waals surface area contributed by atoms with Crippen LogP contribution in [0.4, 0.5) is 8.78 Å². The molecule has 0 spiro atoms. The molecule has 8 heteroatoms. The van der Waals surface area contributed by atoms with E-state index in [9.17, 15) is 18.8 Å². The highest BCUT2D eigenvalue weighted by molar-refractivity contribution is 5.99. The molecule has 31 heavy (non-hydrogen) atoms. The molecular formula is C23H19F2N5O. The lowest BCUT2D eigenvalue weighted by Gasteiger charge is -2.37. The molecule has 3 aromatic rings. The van der Waals surface area contributed by atoms with Crippen LogP contribution in [-0.4, -0.2) is 38.8 Å².